The predicted octanol–water partition coefficient (Wildman–Crippen LogP) is 5.82. The van der Waals surface area contributed by atoms with E-state index in [1.807, 2.05) is 38.1 Å². The summed E-state index contributed by atoms with van der Waals surface area (Å²) in [6, 6.07) is 14.5. The fraction of sp³-hybridized carbons (Fsp3) is 0.250. The normalized spacial score (nSPS) is 10.2. The van der Waals surface area contributed by atoms with Gasteiger partial charge < -0.3 is 9.47 Å². The van der Waals surface area contributed by atoms with Crippen molar-refractivity contribution in [3.05, 3.63) is 72.8 Å². The molecule has 0 aromatic heterocycles. The fourth-order valence-electron chi connectivity index (χ4n) is 2.52. The molecule has 4 heteroatoms. The minimum Gasteiger partial charge on any atom is -0.427 e. The number of rotatable bonds is 9. The van der Waals surface area contributed by atoms with Gasteiger partial charge in [0.25, 0.3) is 0 Å². The summed E-state index contributed by atoms with van der Waals surface area (Å²) in [4.78, 5) is 23.8. The second-order valence-electron chi connectivity index (χ2n) is 6.76. The highest BCUT2D eigenvalue weighted by atomic mass is 16.5. The van der Waals surface area contributed by atoms with E-state index < -0.39 is 0 Å². The molecule has 146 valence electrons. The molecule has 0 aliphatic carbocycles. The molecule has 2 aromatic carbocycles. The maximum Gasteiger partial charge on any atom is 0.311 e. The van der Waals surface area contributed by atoms with Gasteiger partial charge in [0.2, 0.25) is 0 Å². The van der Waals surface area contributed by atoms with E-state index in [0.29, 0.717) is 24.3 Å². The van der Waals surface area contributed by atoms with Gasteiger partial charge in [0, 0.05) is 12.8 Å². The molecule has 0 bridgehead atoms. The highest BCUT2D eigenvalue weighted by Crippen LogP contribution is 2.19. The lowest BCUT2D eigenvalue weighted by molar-refractivity contribution is -0.136. The quantitative estimate of drug-likeness (QED) is 0.313. The van der Waals surface area contributed by atoms with Crippen LogP contribution in [-0.4, -0.2) is 11.9 Å². The van der Waals surface area contributed by atoms with Crippen LogP contribution in [0.25, 0.3) is 11.1 Å². The summed E-state index contributed by atoms with van der Waals surface area (Å²) < 4.78 is 10.6. The van der Waals surface area contributed by atoms with Crippen LogP contribution in [0.1, 0.15) is 50.7 Å². The summed E-state index contributed by atoms with van der Waals surface area (Å²) in [5, 5.41) is 0. The molecule has 0 aliphatic heterocycles. The van der Waals surface area contributed by atoms with Crippen molar-refractivity contribution in [3.8, 4) is 11.5 Å². The zero-order valence-corrected chi connectivity index (χ0v) is 16.5. The van der Waals surface area contributed by atoms with Gasteiger partial charge >= 0.3 is 11.9 Å². The molecule has 0 unspecified atom stereocenters. The number of hydrogen-bond acceptors (Lipinski definition) is 4. The second-order valence-corrected chi connectivity index (χ2v) is 6.76. The molecule has 28 heavy (non-hydrogen) atoms. The molecule has 0 amide bonds. The molecule has 0 heterocycles. The molecule has 0 atom stereocenters. The summed E-state index contributed by atoms with van der Waals surface area (Å²) in [6.45, 7) is 11.6. The van der Waals surface area contributed by atoms with Gasteiger partial charge in [-0.3, -0.25) is 9.59 Å². The van der Waals surface area contributed by atoms with Gasteiger partial charge in [-0.1, -0.05) is 48.6 Å². The average Bonchev–Trinajstić information content (AvgIpc) is 2.66. The van der Waals surface area contributed by atoms with Gasteiger partial charge in [0.05, 0.1) is 0 Å². The van der Waals surface area contributed by atoms with E-state index in [-0.39, 0.29) is 24.8 Å². The first kappa shape index (κ1) is 21.2. The molecule has 0 saturated carbocycles. The number of ether oxygens (including phenoxy) is 2. The Kier molecular flexibility index (Phi) is 7.76. The molecule has 2 rings (SSSR count). The van der Waals surface area contributed by atoms with Crippen molar-refractivity contribution in [2.75, 3.05) is 0 Å². The molecular formula is C24H26O4. The monoisotopic (exact) mass is 378 g/mol. The second kappa shape index (κ2) is 10.3. The number of unbranched alkanes of at least 4 members (excludes halogenated alkanes) is 1. The van der Waals surface area contributed by atoms with Crippen LogP contribution in [-0.2, 0) is 9.59 Å². The minimum absolute atomic E-state index is 0.253. The predicted molar refractivity (Wildman–Crippen MR) is 112 cm³/mol. The van der Waals surface area contributed by atoms with E-state index >= 15 is 0 Å². The highest BCUT2D eigenvalue weighted by molar-refractivity contribution is 5.74. The zero-order valence-electron chi connectivity index (χ0n) is 16.5. The topological polar surface area (TPSA) is 52.6 Å². The van der Waals surface area contributed by atoms with Crippen LogP contribution in [0, 0.1) is 0 Å². The molecule has 0 spiro atoms. The highest BCUT2D eigenvalue weighted by Gasteiger charge is 2.08. The third kappa shape index (κ3) is 6.88. The number of benzene rings is 2. The molecule has 4 nitrogen and oxygen atoms in total. The Hall–Kier alpha value is -3.14. The summed E-state index contributed by atoms with van der Waals surface area (Å²) in [5.74, 6) is 0.388. The number of carbonyl (C=O) groups is 2. The van der Waals surface area contributed by atoms with E-state index in [2.05, 4.69) is 13.2 Å². The van der Waals surface area contributed by atoms with Gasteiger partial charge in [-0.25, -0.2) is 0 Å². The molecule has 2 aromatic rings. The molecule has 0 aliphatic rings. The van der Waals surface area contributed by atoms with Crippen LogP contribution in [0.3, 0.4) is 0 Å². The maximum atomic E-state index is 11.9. The number of carbonyl (C=O) groups excluding carboxylic acids is 2. The van der Waals surface area contributed by atoms with Crippen LogP contribution in [0.5, 0.6) is 11.5 Å². The van der Waals surface area contributed by atoms with Crippen molar-refractivity contribution < 1.29 is 19.1 Å². The zero-order chi connectivity index (χ0) is 20.5. The van der Waals surface area contributed by atoms with Gasteiger partial charge in [-0.15, -0.1) is 0 Å². The third-order valence-corrected chi connectivity index (χ3v) is 4.17. The van der Waals surface area contributed by atoms with Gasteiger partial charge in [0.1, 0.15) is 11.5 Å². The first-order valence-electron chi connectivity index (χ1n) is 9.28. The molecule has 0 saturated heterocycles. The molecule has 0 radical (unpaired) electrons. The Balaban J connectivity index is 1.67. The largest absolute Gasteiger partial charge is 0.427 e. The van der Waals surface area contributed by atoms with Crippen molar-refractivity contribution in [3.63, 3.8) is 0 Å². The Morgan fingerprint density at radius 2 is 1.00 bits per heavy atom. The molecular weight excluding hydrogens is 352 g/mol. The number of allylic oxidation sites excluding steroid dienone is 2. The molecule has 0 N–H and O–H groups in total. The lowest BCUT2D eigenvalue weighted by Gasteiger charge is -2.07. The lowest BCUT2D eigenvalue weighted by atomic mass is 10.1. The first-order valence-corrected chi connectivity index (χ1v) is 9.28. The minimum atomic E-state index is -0.313. The Labute approximate surface area is 166 Å². The van der Waals surface area contributed by atoms with E-state index in [1.165, 1.54) is 0 Å². The molecule has 0 fully saturated rings. The van der Waals surface area contributed by atoms with Gasteiger partial charge in [-0.2, -0.15) is 0 Å². The Bertz CT molecular complexity index is 772. The van der Waals surface area contributed by atoms with E-state index in [9.17, 15) is 9.59 Å². The summed E-state index contributed by atoms with van der Waals surface area (Å²) >= 11 is 0. The summed E-state index contributed by atoms with van der Waals surface area (Å²) in [6.07, 6.45) is 1.63. The van der Waals surface area contributed by atoms with Crippen molar-refractivity contribution in [1.29, 1.82) is 0 Å². The number of esters is 2. The third-order valence-electron chi connectivity index (χ3n) is 4.17. The smallest absolute Gasteiger partial charge is 0.311 e. The van der Waals surface area contributed by atoms with Gasteiger partial charge in [-0.05, 0) is 62.1 Å². The van der Waals surface area contributed by atoms with E-state index in [0.717, 1.165) is 22.3 Å². The van der Waals surface area contributed by atoms with Crippen LogP contribution < -0.4 is 9.47 Å². The van der Waals surface area contributed by atoms with E-state index in [4.69, 9.17) is 9.47 Å². The summed E-state index contributed by atoms with van der Waals surface area (Å²) in [7, 11) is 0. The maximum absolute atomic E-state index is 11.9. The lowest BCUT2D eigenvalue weighted by Crippen LogP contribution is -2.10. The van der Waals surface area contributed by atoms with Crippen molar-refractivity contribution >= 4 is 23.1 Å². The van der Waals surface area contributed by atoms with Crippen LogP contribution in [0.2, 0.25) is 0 Å². The van der Waals surface area contributed by atoms with Crippen LogP contribution in [0.15, 0.2) is 61.7 Å². The SMILES string of the molecule is C=C(C)c1ccc(OC(=O)CCCCC(=O)Oc2ccc(C(=C)C)cc2)cc1. The number of hydrogen-bond donors (Lipinski definition) is 0. The van der Waals surface area contributed by atoms with E-state index in [1.54, 1.807) is 24.3 Å². The summed E-state index contributed by atoms with van der Waals surface area (Å²) in [5.41, 5.74) is 3.92. The van der Waals surface area contributed by atoms with Crippen molar-refractivity contribution in [2.24, 2.45) is 0 Å². The van der Waals surface area contributed by atoms with Crippen molar-refractivity contribution in [2.45, 2.75) is 39.5 Å². The van der Waals surface area contributed by atoms with Crippen molar-refractivity contribution in [1.82, 2.24) is 0 Å². The Morgan fingerprint density at radius 3 is 1.29 bits per heavy atom. The fourth-order valence-corrected chi connectivity index (χ4v) is 2.52. The van der Waals surface area contributed by atoms with Crippen LogP contribution >= 0.6 is 0 Å². The van der Waals surface area contributed by atoms with Gasteiger partial charge in [0.15, 0.2) is 0 Å². The average molecular weight is 378 g/mol. The first-order chi connectivity index (χ1) is 13.3. The standard InChI is InChI=1S/C24H26O4/c1-17(2)19-9-13-21(14-10-19)27-23(25)7-5-6-8-24(26)28-22-15-11-20(12-16-22)18(3)4/h9-16H,1,3,5-8H2,2,4H3. The van der Waals surface area contributed by atoms with Crippen LogP contribution in [0.4, 0.5) is 0 Å². The Morgan fingerprint density at radius 1 is 0.679 bits per heavy atom.